The van der Waals surface area contributed by atoms with E-state index in [1.54, 1.807) is 26.0 Å². The monoisotopic (exact) mass is 288 g/mol. The molecule has 0 bridgehead atoms. The van der Waals surface area contributed by atoms with Gasteiger partial charge < -0.3 is 9.47 Å². The first-order valence-corrected chi connectivity index (χ1v) is 6.55. The van der Waals surface area contributed by atoms with Crippen molar-refractivity contribution in [1.29, 1.82) is 0 Å². The normalized spacial score (nSPS) is 20.3. The first-order valence-electron chi connectivity index (χ1n) is 6.55. The average Bonchev–Trinajstić information content (AvgIpc) is 2.72. The molecule has 110 valence electrons. The number of esters is 2. The van der Waals surface area contributed by atoms with E-state index >= 15 is 0 Å². The lowest BCUT2D eigenvalue weighted by atomic mass is 9.90. The summed E-state index contributed by atoms with van der Waals surface area (Å²) in [5, 5.41) is 0. The topological polar surface area (TPSA) is 69.7 Å². The van der Waals surface area contributed by atoms with Crippen LogP contribution in [-0.4, -0.2) is 30.4 Å². The van der Waals surface area contributed by atoms with E-state index in [9.17, 15) is 14.4 Å². The van der Waals surface area contributed by atoms with E-state index in [2.05, 4.69) is 0 Å². The van der Waals surface area contributed by atoms with Crippen LogP contribution in [0.25, 0.3) is 6.08 Å². The molecule has 1 aromatic carbocycles. The van der Waals surface area contributed by atoms with Gasteiger partial charge in [0.2, 0.25) is 6.10 Å². The van der Waals surface area contributed by atoms with Crippen LogP contribution in [0.4, 0.5) is 0 Å². The second-order valence-corrected chi connectivity index (χ2v) is 5.49. The molecule has 0 saturated carbocycles. The Morgan fingerprint density at radius 3 is 2.52 bits per heavy atom. The molecular weight excluding hydrogens is 272 g/mol. The third-order valence-corrected chi connectivity index (χ3v) is 3.16. The summed E-state index contributed by atoms with van der Waals surface area (Å²) < 4.78 is 9.82. The van der Waals surface area contributed by atoms with Crippen LogP contribution in [0.5, 0.6) is 0 Å². The Morgan fingerprint density at radius 1 is 1.29 bits per heavy atom. The summed E-state index contributed by atoms with van der Waals surface area (Å²) in [6.45, 7) is 3.64. The van der Waals surface area contributed by atoms with E-state index in [0.717, 1.165) is 11.6 Å². The highest BCUT2D eigenvalue weighted by Gasteiger charge is 2.47. The summed E-state index contributed by atoms with van der Waals surface area (Å²) in [7, 11) is 0. The molecule has 2 rings (SSSR count). The fourth-order valence-corrected chi connectivity index (χ4v) is 1.90. The van der Waals surface area contributed by atoms with Gasteiger partial charge in [-0.05, 0) is 11.6 Å². The van der Waals surface area contributed by atoms with Gasteiger partial charge in [-0.1, -0.05) is 50.3 Å². The molecule has 0 amide bonds. The van der Waals surface area contributed by atoms with E-state index in [4.69, 9.17) is 9.47 Å². The number of hydrogen-bond acceptors (Lipinski definition) is 5. The zero-order valence-electron chi connectivity index (χ0n) is 11.9. The van der Waals surface area contributed by atoms with Gasteiger partial charge in [0.1, 0.15) is 6.61 Å². The second kappa shape index (κ2) is 5.91. The van der Waals surface area contributed by atoms with Gasteiger partial charge in [-0.15, -0.1) is 0 Å². The fourth-order valence-electron chi connectivity index (χ4n) is 1.90. The maximum Gasteiger partial charge on any atom is 0.379 e. The highest BCUT2D eigenvalue weighted by Crippen LogP contribution is 2.31. The minimum absolute atomic E-state index is 0.165. The predicted octanol–water partition coefficient (Wildman–Crippen LogP) is 1.76. The maximum atomic E-state index is 11.7. The largest absolute Gasteiger partial charge is 0.462 e. The van der Waals surface area contributed by atoms with Crippen molar-refractivity contribution in [1.82, 2.24) is 0 Å². The third-order valence-electron chi connectivity index (χ3n) is 3.16. The summed E-state index contributed by atoms with van der Waals surface area (Å²) in [4.78, 5) is 34.9. The number of carbonyl (C=O) groups is 3. The van der Waals surface area contributed by atoms with Crippen molar-refractivity contribution in [2.75, 3.05) is 6.61 Å². The smallest absolute Gasteiger partial charge is 0.379 e. The van der Waals surface area contributed by atoms with Gasteiger partial charge >= 0.3 is 11.9 Å². The molecule has 1 aliphatic rings. The van der Waals surface area contributed by atoms with Crippen LogP contribution >= 0.6 is 0 Å². The zero-order valence-corrected chi connectivity index (χ0v) is 11.9. The Bertz CT molecular complexity index is 586. The molecule has 0 radical (unpaired) electrons. The standard InChI is InChI=1S/C16H16O5/c1-16(2)10-20-15(19)13(16)21-14(18)12(17)9-8-11-6-4-3-5-7-11/h3-9,13H,10H2,1-2H3/b9-8+/t13-/m0/s1. The Kier molecular flexibility index (Phi) is 4.21. The highest BCUT2D eigenvalue weighted by molar-refractivity contribution is 6.39. The molecule has 5 heteroatoms. The van der Waals surface area contributed by atoms with Crippen LogP contribution in [0.3, 0.4) is 0 Å². The number of benzene rings is 1. The lowest BCUT2D eigenvalue weighted by molar-refractivity contribution is -0.165. The van der Waals surface area contributed by atoms with Crippen LogP contribution < -0.4 is 0 Å². The summed E-state index contributed by atoms with van der Waals surface area (Å²) >= 11 is 0. The number of hydrogen-bond donors (Lipinski definition) is 0. The Balaban J connectivity index is 1.99. The molecule has 0 aromatic heterocycles. The van der Waals surface area contributed by atoms with E-state index < -0.39 is 29.2 Å². The Morgan fingerprint density at radius 2 is 1.95 bits per heavy atom. The number of rotatable bonds is 4. The first kappa shape index (κ1) is 15.0. The molecular formula is C16H16O5. The quantitative estimate of drug-likeness (QED) is 0.480. The maximum absolute atomic E-state index is 11.7. The highest BCUT2D eigenvalue weighted by atomic mass is 16.6. The number of carbonyl (C=O) groups excluding carboxylic acids is 3. The molecule has 1 saturated heterocycles. The molecule has 1 aromatic rings. The molecule has 5 nitrogen and oxygen atoms in total. The van der Waals surface area contributed by atoms with Gasteiger partial charge in [0, 0.05) is 5.41 Å². The van der Waals surface area contributed by atoms with Crippen molar-refractivity contribution < 1.29 is 23.9 Å². The van der Waals surface area contributed by atoms with Crippen molar-refractivity contribution in [2.45, 2.75) is 20.0 Å². The van der Waals surface area contributed by atoms with Crippen molar-refractivity contribution in [3.8, 4) is 0 Å². The van der Waals surface area contributed by atoms with Crippen LogP contribution in [0.15, 0.2) is 36.4 Å². The second-order valence-electron chi connectivity index (χ2n) is 5.49. The van der Waals surface area contributed by atoms with E-state index in [1.807, 2.05) is 18.2 Å². The Labute approximate surface area is 122 Å². The van der Waals surface area contributed by atoms with Gasteiger partial charge in [-0.25, -0.2) is 9.59 Å². The minimum atomic E-state index is -1.06. The van der Waals surface area contributed by atoms with E-state index in [-0.39, 0.29) is 6.61 Å². The molecule has 0 N–H and O–H groups in total. The fraction of sp³-hybridized carbons (Fsp3) is 0.312. The summed E-state index contributed by atoms with van der Waals surface area (Å²) in [6, 6.07) is 9.08. The van der Waals surface area contributed by atoms with Gasteiger partial charge in [0.15, 0.2) is 0 Å². The molecule has 21 heavy (non-hydrogen) atoms. The number of ketones is 1. The number of cyclic esters (lactones) is 1. The summed E-state index contributed by atoms with van der Waals surface area (Å²) in [5.74, 6) is -2.48. The van der Waals surface area contributed by atoms with Crippen LogP contribution in [0.2, 0.25) is 0 Å². The minimum Gasteiger partial charge on any atom is -0.462 e. The molecule has 1 heterocycles. The SMILES string of the molecule is CC1(C)COC(=O)[C@@H]1OC(=O)C(=O)/C=C/c1ccccc1. The lowest BCUT2D eigenvalue weighted by Gasteiger charge is -2.20. The van der Waals surface area contributed by atoms with Gasteiger partial charge in [-0.3, -0.25) is 4.79 Å². The third kappa shape index (κ3) is 3.56. The van der Waals surface area contributed by atoms with Gasteiger partial charge in [-0.2, -0.15) is 0 Å². The molecule has 0 spiro atoms. The predicted molar refractivity (Wildman–Crippen MR) is 75.1 cm³/mol. The van der Waals surface area contributed by atoms with Crippen LogP contribution in [-0.2, 0) is 23.9 Å². The summed E-state index contributed by atoms with van der Waals surface area (Å²) in [6.07, 6.45) is 1.60. The lowest BCUT2D eigenvalue weighted by Crippen LogP contribution is -2.36. The van der Waals surface area contributed by atoms with Crippen LogP contribution in [0.1, 0.15) is 19.4 Å². The first-order chi connectivity index (χ1) is 9.90. The van der Waals surface area contributed by atoms with E-state index in [0.29, 0.717) is 0 Å². The van der Waals surface area contributed by atoms with Gasteiger partial charge in [0.25, 0.3) is 5.78 Å². The average molecular weight is 288 g/mol. The molecule has 0 unspecified atom stereocenters. The Hall–Kier alpha value is -2.43. The van der Waals surface area contributed by atoms with Crippen molar-refractivity contribution in [3.05, 3.63) is 42.0 Å². The molecule has 1 atom stereocenters. The van der Waals surface area contributed by atoms with Crippen molar-refractivity contribution >= 4 is 23.8 Å². The molecule has 1 fully saturated rings. The number of ether oxygens (including phenoxy) is 2. The zero-order chi connectivity index (χ0) is 15.5. The summed E-state index contributed by atoms with van der Waals surface area (Å²) in [5.41, 5.74) is 0.162. The molecule has 1 aliphatic heterocycles. The molecule has 0 aliphatic carbocycles. The van der Waals surface area contributed by atoms with E-state index in [1.165, 1.54) is 6.08 Å². The van der Waals surface area contributed by atoms with Gasteiger partial charge in [0.05, 0.1) is 0 Å². The van der Waals surface area contributed by atoms with Crippen molar-refractivity contribution in [3.63, 3.8) is 0 Å². The van der Waals surface area contributed by atoms with Crippen LogP contribution in [0, 0.1) is 5.41 Å². The van der Waals surface area contributed by atoms with Crippen molar-refractivity contribution in [2.24, 2.45) is 5.41 Å².